The minimum atomic E-state index is -0.700. The molecule has 8 nitrogen and oxygen atoms in total. The van der Waals surface area contributed by atoms with Crippen molar-refractivity contribution in [1.82, 2.24) is 29.4 Å². The number of halogens is 2. The van der Waals surface area contributed by atoms with Crippen LogP contribution in [0.25, 0.3) is 22.3 Å². The van der Waals surface area contributed by atoms with Gasteiger partial charge in [-0.2, -0.15) is 0 Å². The fourth-order valence-electron chi connectivity index (χ4n) is 4.68. The van der Waals surface area contributed by atoms with E-state index in [0.717, 1.165) is 17.5 Å². The van der Waals surface area contributed by atoms with E-state index in [4.69, 9.17) is 0 Å². The van der Waals surface area contributed by atoms with E-state index in [1.165, 1.54) is 12.1 Å². The van der Waals surface area contributed by atoms with E-state index < -0.39 is 17.9 Å². The first kappa shape index (κ1) is 24.0. The van der Waals surface area contributed by atoms with Crippen molar-refractivity contribution in [3.8, 4) is 11.3 Å². The number of hydrogen-bond acceptors (Lipinski definition) is 7. The third-order valence-electron chi connectivity index (χ3n) is 6.36. The summed E-state index contributed by atoms with van der Waals surface area (Å²) in [7, 11) is 0. The molecule has 1 aliphatic heterocycles. The molecule has 10 heteroatoms. The number of fused-ring (bicyclic) bond motifs is 2. The number of rotatable bonds is 6. The molecule has 1 aliphatic rings. The molecule has 0 amide bonds. The van der Waals surface area contributed by atoms with Gasteiger partial charge in [0.1, 0.15) is 29.1 Å². The van der Waals surface area contributed by atoms with Crippen LogP contribution in [0.15, 0.2) is 43.1 Å². The van der Waals surface area contributed by atoms with Crippen molar-refractivity contribution in [2.45, 2.75) is 46.0 Å². The number of pyridine rings is 1. The smallest absolute Gasteiger partial charge is 0.229 e. The lowest BCUT2D eigenvalue weighted by Crippen LogP contribution is -2.38. The molecule has 5 rings (SSSR count). The van der Waals surface area contributed by atoms with Crippen molar-refractivity contribution < 1.29 is 13.9 Å². The molecule has 186 valence electrons. The normalized spacial score (nSPS) is 14.8. The van der Waals surface area contributed by atoms with Gasteiger partial charge in [-0.05, 0) is 50.6 Å². The lowest BCUT2D eigenvalue weighted by molar-refractivity contribution is 0.0314. The quantitative estimate of drug-likeness (QED) is 0.379. The summed E-state index contributed by atoms with van der Waals surface area (Å²) >= 11 is 0. The van der Waals surface area contributed by atoms with Crippen molar-refractivity contribution >= 4 is 22.8 Å². The van der Waals surface area contributed by atoms with Crippen LogP contribution in [0.3, 0.4) is 0 Å². The highest BCUT2D eigenvalue weighted by Crippen LogP contribution is 2.30. The Labute approximate surface area is 207 Å². The summed E-state index contributed by atoms with van der Waals surface area (Å²) in [6.45, 7) is 10.6. The van der Waals surface area contributed by atoms with Crippen LogP contribution in [0.5, 0.6) is 0 Å². The van der Waals surface area contributed by atoms with Crippen LogP contribution in [-0.2, 0) is 13.0 Å². The van der Waals surface area contributed by atoms with Crippen molar-refractivity contribution in [3.63, 3.8) is 0 Å². The van der Waals surface area contributed by atoms with Crippen LogP contribution in [0.1, 0.15) is 37.0 Å². The van der Waals surface area contributed by atoms with Crippen molar-refractivity contribution in [1.29, 1.82) is 0 Å². The van der Waals surface area contributed by atoms with Gasteiger partial charge in [0.15, 0.2) is 11.6 Å². The minimum Gasteiger partial charge on any atom is -0.375 e. The fraction of sp³-hybridized carbons (Fsp3) is 0.308. The second kappa shape index (κ2) is 9.36. The van der Waals surface area contributed by atoms with Gasteiger partial charge in [-0.3, -0.25) is 4.90 Å². The van der Waals surface area contributed by atoms with Crippen molar-refractivity contribution in [2.75, 3.05) is 11.9 Å². The standard InChI is InChI=1S/C26H27F2N7O/c1-5-23(36)34-9-8-20-16(13-34)6-7-22(31-20)32-26-29-12-19(28)24(33-26)17-10-18(27)25-21(11-17)35(14(2)3)15(4)30-25/h5-7,10-12,14,23,36H,1,8-9,13H2,2-4H3,(H,29,31,32,33). The largest absolute Gasteiger partial charge is 0.375 e. The van der Waals surface area contributed by atoms with Gasteiger partial charge in [0.05, 0.1) is 11.7 Å². The summed E-state index contributed by atoms with van der Waals surface area (Å²) in [5.74, 6) is 0.143. The van der Waals surface area contributed by atoms with Gasteiger partial charge in [-0.25, -0.2) is 28.7 Å². The van der Waals surface area contributed by atoms with E-state index in [0.29, 0.717) is 42.2 Å². The molecule has 4 aromatic rings. The summed E-state index contributed by atoms with van der Waals surface area (Å²) in [6.07, 6.45) is 2.52. The summed E-state index contributed by atoms with van der Waals surface area (Å²) in [6, 6.07) is 6.71. The predicted molar refractivity (Wildman–Crippen MR) is 134 cm³/mol. The second-order valence-electron chi connectivity index (χ2n) is 9.14. The second-order valence-corrected chi connectivity index (χ2v) is 9.14. The van der Waals surface area contributed by atoms with Crippen LogP contribution < -0.4 is 5.32 Å². The lowest BCUT2D eigenvalue weighted by Gasteiger charge is -2.30. The van der Waals surface area contributed by atoms with Crippen LogP contribution in [0.4, 0.5) is 20.5 Å². The molecule has 3 aromatic heterocycles. The van der Waals surface area contributed by atoms with Crippen LogP contribution in [0.2, 0.25) is 0 Å². The zero-order valence-corrected chi connectivity index (χ0v) is 20.3. The first-order valence-corrected chi connectivity index (χ1v) is 11.8. The molecular weight excluding hydrogens is 464 g/mol. The zero-order chi connectivity index (χ0) is 25.6. The molecule has 0 fully saturated rings. The van der Waals surface area contributed by atoms with E-state index in [1.807, 2.05) is 36.3 Å². The van der Waals surface area contributed by atoms with Gasteiger partial charge >= 0.3 is 0 Å². The number of aliphatic hydroxyl groups excluding tert-OH is 1. The first-order chi connectivity index (χ1) is 17.2. The summed E-state index contributed by atoms with van der Waals surface area (Å²) in [4.78, 5) is 19.3. The maximum absolute atomic E-state index is 14.9. The zero-order valence-electron chi connectivity index (χ0n) is 20.3. The Hall–Kier alpha value is -3.76. The van der Waals surface area contributed by atoms with Crippen LogP contribution in [-0.4, -0.2) is 47.3 Å². The van der Waals surface area contributed by atoms with E-state index in [2.05, 4.69) is 31.8 Å². The molecule has 4 heterocycles. The van der Waals surface area contributed by atoms with Gasteiger partial charge in [-0.15, -0.1) is 0 Å². The fourth-order valence-corrected chi connectivity index (χ4v) is 4.68. The van der Waals surface area contributed by atoms with E-state index in [9.17, 15) is 13.9 Å². The van der Waals surface area contributed by atoms with Gasteiger partial charge < -0.3 is 15.0 Å². The number of nitrogens with zero attached hydrogens (tertiary/aromatic N) is 6. The Bertz CT molecular complexity index is 1470. The van der Waals surface area contributed by atoms with Crippen molar-refractivity contribution in [3.05, 3.63) is 71.8 Å². The Kier molecular flexibility index (Phi) is 6.23. The molecule has 1 atom stereocenters. The molecular formula is C26H27F2N7O. The Balaban J connectivity index is 1.46. The number of nitrogens with one attached hydrogen (secondary N) is 1. The molecule has 0 spiro atoms. The number of aryl methyl sites for hydroxylation is 1. The molecule has 0 saturated heterocycles. The third-order valence-corrected chi connectivity index (χ3v) is 6.36. The Morgan fingerprint density at radius 1 is 1.14 bits per heavy atom. The number of imidazole rings is 1. The van der Waals surface area contributed by atoms with Gasteiger partial charge in [-0.1, -0.05) is 12.6 Å². The molecule has 1 unspecified atom stereocenters. The Morgan fingerprint density at radius 3 is 2.69 bits per heavy atom. The number of benzene rings is 1. The number of hydrogen-bond donors (Lipinski definition) is 2. The monoisotopic (exact) mass is 491 g/mol. The highest BCUT2D eigenvalue weighted by molar-refractivity contribution is 5.83. The first-order valence-electron chi connectivity index (χ1n) is 11.8. The SMILES string of the molecule is C=CC(O)N1CCc2nc(Nc3ncc(F)c(-c4cc(F)c5nc(C)n(C(C)C)c5c4)n3)ccc2C1. The van der Waals surface area contributed by atoms with Gasteiger partial charge in [0.2, 0.25) is 5.95 Å². The number of aromatic nitrogens is 5. The van der Waals surface area contributed by atoms with Crippen LogP contribution in [0, 0.1) is 18.6 Å². The molecule has 36 heavy (non-hydrogen) atoms. The van der Waals surface area contributed by atoms with E-state index in [-0.39, 0.29) is 23.2 Å². The highest BCUT2D eigenvalue weighted by Gasteiger charge is 2.22. The third kappa shape index (κ3) is 4.33. The topological polar surface area (TPSA) is 92.0 Å². The summed E-state index contributed by atoms with van der Waals surface area (Å²) in [5.41, 5.74) is 3.01. The average Bonchev–Trinajstić information content (AvgIpc) is 3.21. The number of anilines is 2. The Morgan fingerprint density at radius 2 is 1.94 bits per heavy atom. The molecule has 0 bridgehead atoms. The molecule has 0 radical (unpaired) electrons. The number of aliphatic hydroxyl groups is 1. The maximum atomic E-state index is 14.9. The molecule has 2 N–H and O–H groups in total. The summed E-state index contributed by atoms with van der Waals surface area (Å²) < 4.78 is 31.6. The molecule has 1 aromatic carbocycles. The van der Waals surface area contributed by atoms with Gasteiger partial charge in [0.25, 0.3) is 0 Å². The van der Waals surface area contributed by atoms with E-state index in [1.54, 1.807) is 12.1 Å². The van der Waals surface area contributed by atoms with E-state index >= 15 is 0 Å². The minimum absolute atomic E-state index is 0.0190. The average molecular weight is 492 g/mol. The van der Waals surface area contributed by atoms with Crippen LogP contribution >= 0.6 is 0 Å². The molecule has 0 saturated carbocycles. The highest BCUT2D eigenvalue weighted by atomic mass is 19.1. The predicted octanol–water partition coefficient (Wildman–Crippen LogP) is 4.66. The molecule has 0 aliphatic carbocycles. The van der Waals surface area contributed by atoms with Gasteiger partial charge in [0, 0.05) is 36.8 Å². The maximum Gasteiger partial charge on any atom is 0.229 e. The van der Waals surface area contributed by atoms with Crippen molar-refractivity contribution in [2.24, 2.45) is 0 Å². The summed E-state index contributed by atoms with van der Waals surface area (Å²) in [5, 5.41) is 13.1. The lowest BCUT2D eigenvalue weighted by atomic mass is 10.1.